The zero-order valence-electron chi connectivity index (χ0n) is 10.6. The molecule has 0 aliphatic heterocycles. The molecule has 0 fully saturated rings. The fourth-order valence-corrected chi connectivity index (χ4v) is 1.62. The van der Waals surface area contributed by atoms with Gasteiger partial charge in [0.2, 0.25) is 0 Å². The first-order chi connectivity index (χ1) is 8.95. The Balaban J connectivity index is 2.84. The van der Waals surface area contributed by atoms with Crippen LogP contribution in [0.25, 0.3) is 0 Å². The largest absolute Gasteiger partial charge is 0.480 e. The Morgan fingerprint density at radius 1 is 1.53 bits per heavy atom. The second-order valence-corrected chi connectivity index (χ2v) is 4.19. The fraction of sp³-hybridized carbons (Fsp3) is 0.286. The number of carbonyl (C=O) groups excluding carboxylic acids is 1. The van der Waals surface area contributed by atoms with Gasteiger partial charge >= 0.3 is 5.97 Å². The van der Waals surface area contributed by atoms with Gasteiger partial charge in [0.05, 0.1) is 0 Å². The van der Waals surface area contributed by atoms with Gasteiger partial charge < -0.3 is 10.4 Å². The van der Waals surface area contributed by atoms with Crippen LogP contribution in [0.15, 0.2) is 30.9 Å². The highest BCUT2D eigenvalue weighted by Gasteiger charge is 2.20. The van der Waals surface area contributed by atoms with E-state index in [4.69, 9.17) is 5.11 Å². The fourth-order valence-electron chi connectivity index (χ4n) is 1.62. The number of aryl methyl sites for hydroxylation is 1. The van der Waals surface area contributed by atoms with Crippen LogP contribution < -0.4 is 5.32 Å². The van der Waals surface area contributed by atoms with E-state index in [-0.39, 0.29) is 12.0 Å². The van der Waals surface area contributed by atoms with Crippen LogP contribution in [-0.2, 0) is 4.79 Å². The van der Waals surface area contributed by atoms with Crippen LogP contribution in [0, 0.1) is 12.7 Å². The van der Waals surface area contributed by atoms with Gasteiger partial charge in [-0.15, -0.1) is 6.58 Å². The van der Waals surface area contributed by atoms with Crippen LogP contribution in [0.5, 0.6) is 0 Å². The molecule has 0 heterocycles. The average molecular weight is 265 g/mol. The molecule has 5 heteroatoms. The van der Waals surface area contributed by atoms with E-state index in [0.717, 1.165) is 6.07 Å². The molecule has 0 spiro atoms. The molecule has 0 aliphatic rings. The Labute approximate surface area is 110 Å². The summed E-state index contributed by atoms with van der Waals surface area (Å²) in [5, 5.41) is 11.4. The van der Waals surface area contributed by atoms with Gasteiger partial charge in [-0.2, -0.15) is 0 Å². The standard InChI is InChI=1S/C14H16FNO3/c1-3-4-5-12(14(18)19)16-13(17)11-8-10(15)7-6-9(11)2/h3,6-8,12H,1,4-5H2,2H3,(H,16,17)(H,18,19). The molecule has 1 unspecified atom stereocenters. The molecule has 19 heavy (non-hydrogen) atoms. The number of nitrogens with one attached hydrogen (secondary N) is 1. The van der Waals surface area contributed by atoms with Crippen molar-refractivity contribution in [1.29, 1.82) is 0 Å². The topological polar surface area (TPSA) is 66.4 Å². The van der Waals surface area contributed by atoms with Crippen molar-refractivity contribution in [3.05, 3.63) is 47.8 Å². The number of aliphatic carboxylic acids is 1. The van der Waals surface area contributed by atoms with E-state index < -0.39 is 23.7 Å². The van der Waals surface area contributed by atoms with Gasteiger partial charge in [-0.05, 0) is 37.5 Å². The molecule has 1 atom stereocenters. The van der Waals surface area contributed by atoms with Crippen molar-refractivity contribution in [2.75, 3.05) is 0 Å². The molecule has 1 aromatic carbocycles. The Morgan fingerprint density at radius 2 is 2.21 bits per heavy atom. The number of hydrogen-bond acceptors (Lipinski definition) is 2. The zero-order valence-corrected chi connectivity index (χ0v) is 10.6. The van der Waals surface area contributed by atoms with E-state index >= 15 is 0 Å². The van der Waals surface area contributed by atoms with Gasteiger partial charge in [0.15, 0.2) is 0 Å². The first-order valence-electron chi connectivity index (χ1n) is 5.86. The van der Waals surface area contributed by atoms with Gasteiger partial charge in [-0.3, -0.25) is 4.79 Å². The molecule has 0 aromatic heterocycles. The van der Waals surface area contributed by atoms with E-state index in [1.807, 2.05) is 0 Å². The summed E-state index contributed by atoms with van der Waals surface area (Å²) in [4.78, 5) is 22.9. The third-order valence-electron chi connectivity index (χ3n) is 2.71. The molecule has 1 rings (SSSR count). The monoisotopic (exact) mass is 265 g/mol. The van der Waals surface area contributed by atoms with Gasteiger partial charge in [0.1, 0.15) is 11.9 Å². The summed E-state index contributed by atoms with van der Waals surface area (Å²) in [6.45, 7) is 5.16. The predicted molar refractivity (Wildman–Crippen MR) is 69.5 cm³/mol. The lowest BCUT2D eigenvalue weighted by atomic mass is 10.1. The van der Waals surface area contributed by atoms with E-state index in [0.29, 0.717) is 12.0 Å². The smallest absolute Gasteiger partial charge is 0.326 e. The second-order valence-electron chi connectivity index (χ2n) is 4.19. The molecule has 0 radical (unpaired) electrons. The van der Waals surface area contributed by atoms with Gasteiger partial charge in [-0.1, -0.05) is 12.1 Å². The molecule has 2 N–H and O–H groups in total. The zero-order chi connectivity index (χ0) is 14.4. The molecule has 1 aromatic rings. The van der Waals surface area contributed by atoms with Crippen molar-refractivity contribution in [1.82, 2.24) is 5.32 Å². The molecule has 1 amide bonds. The summed E-state index contributed by atoms with van der Waals surface area (Å²) >= 11 is 0. The predicted octanol–water partition coefficient (Wildman–Crippen LogP) is 2.28. The summed E-state index contributed by atoms with van der Waals surface area (Å²) in [5.74, 6) is -2.24. The van der Waals surface area contributed by atoms with Crippen LogP contribution in [0.1, 0.15) is 28.8 Å². The molecule has 0 bridgehead atoms. The molecular weight excluding hydrogens is 249 g/mol. The minimum absolute atomic E-state index is 0.143. The lowest BCUT2D eigenvalue weighted by molar-refractivity contribution is -0.139. The minimum Gasteiger partial charge on any atom is -0.480 e. The van der Waals surface area contributed by atoms with Crippen LogP contribution in [0.2, 0.25) is 0 Å². The Hall–Kier alpha value is -2.17. The second kappa shape index (κ2) is 6.68. The molecule has 0 saturated carbocycles. The SMILES string of the molecule is C=CCCC(NC(=O)c1cc(F)ccc1C)C(=O)O. The number of carboxylic acids is 1. The molecular formula is C14H16FNO3. The van der Waals surface area contributed by atoms with E-state index in [2.05, 4.69) is 11.9 Å². The molecule has 0 saturated heterocycles. The lowest BCUT2D eigenvalue weighted by Crippen LogP contribution is -2.40. The first-order valence-corrected chi connectivity index (χ1v) is 5.86. The number of hydrogen-bond donors (Lipinski definition) is 2. The van der Waals surface area contributed by atoms with Crippen LogP contribution in [0.3, 0.4) is 0 Å². The Morgan fingerprint density at radius 3 is 2.79 bits per heavy atom. The highest BCUT2D eigenvalue weighted by atomic mass is 19.1. The molecule has 102 valence electrons. The summed E-state index contributed by atoms with van der Waals surface area (Å²) < 4.78 is 13.1. The number of rotatable bonds is 6. The highest BCUT2D eigenvalue weighted by molar-refractivity contribution is 5.97. The summed E-state index contributed by atoms with van der Waals surface area (Å²) in [7, 11) is 0. The number of carboxylic acid groups (broad SMARTS) is 1. The lowest BCUT2D eigenvalue weighted by Gasteiger charge is -2.14. The third-order valence-corrected chi connectivity index (χ3v) is 2.71. The normalized spacial score (nSPS) is 11.7. The Kier molecular flexibility index (Phi) is 5.23. The maximum absolute atomic E-state index is 13.1. The molecule has 0 aliphatic carbocycles. The van der Waals surface area contributed by atoms with Gasteiger partial charge in [-0.25, -0.2) is 9.18 Å². The van der Waals surface area contributed by atoms with Crippen LogP contribution in [-0.4, -0.2) is 23.0 Å². The van der Waals surface area contributed by atoms with Crippen molar-refractivity contribution < 1.29 is 19.1 Å². The number of allylic oxidation sites excluding steroid dienone is 1. The van der Waals surface area contributed by atoms with Crippen LogP contribution >= 0.6 is 0 Å². The number of benzene rings is 1. The Bertz CT molecular complexity index is 499. The van der Waals surface area contributed by atoms with Crippen molar-refractivity contribution in [3.8, 4) is 0 Å². The van der Waals surface area contributed by atoms with Gasteiger partial charge in [0, 0.05) is 5.56 Å². The minimum atomic E-state index is -1.12. The summed E-state index contributed by atoms with van der Waals surface area (Å²) in [6, 6.07) is 2.81. The van der Waals surface area contributed by atoms with Crippen molar-refractivity contribution in [3.63, 3.8) is 0 Å². The maximum Gasteiger partial charge on any atom is 0.326 e. The number of carbonyl (C=O) groups is 2. The van der Waals surface area contributed by atoms with E-state index in [1.165, 1.54) is 12.1 Å². The highest BCUT2D eigenvalue weighted by Crippen LogP contribution is 2.11. The van der Waals surface area contributed by atoms with Crippen molar-refractivity contribution >= 4 is 11.9 Å². The van der Waals surface area contributed by atoms with Gasteiger partial charge in [0.25, 0.3) is 5.91 Å². The number of amides is 1. The summed E-state index contributed by atoms with van der Waals surface area (Å²) in [6.07, 6.45) is 2.30. The number of halogens is 1. The van der Waals surface area contributed by atoms with E-state index in [9.17, 15) is 14.0 Å². The van der Waals surface area contributed by atoms with Crippen molar-refractivity contribution in [2.45, 2.75) is 25.8 Å². The van der Waals surface area contributed by atoms with Crippen LogP contribution in [0.4, 0.5) is 4.39 Å². The molecule has 4 nitrogen and oxygen atoms in total. The van der Waals surface area contributed by atoms with Crippen molar-refractivity contribution in [2.24, 2.45) is 0 Å². The first kappa shape index (κ1) is 14.9. The average Bonchev–Trinajstić information content (AvgIpc) is 2.36. The maximum atomic E-state index is 13.1. The third kappa shape index (κ3) is 4.21. The quantitative estimate of drug-likeness (QED) is 0.775. The summed E-state index contributed by atoms with van der Waals surface area (Å²) in [5.41, 5.74) is 0.733. The van der Waals surface area contributed by atoms with E-state index in [1.54, 1.807) is 13.0 Å².